The molecule has 4 aromatic rings. The molecule has 5 rings (SSSR count). The van der Waals surface area contributed by atoms with Crippen LogP contribution in [0, 0.1) is 13.8 Å². The molecule has 2 amide bonds. The van der Waals surface area contributed by atoms with Crippen LogP contribution in [-0.4, -0.2) is 54.4 Å². The van der Waals surface area contributed by atoms with Crippen molar-refractivity contribution < 1.29 is 14.3 Å². The van der Waals surface area contributed by atoms with E-state index >= 15 is 0 Å². The number of hydrogen-bond acceptors (Lipinski definition) is 4. The van der Waals surface area contributed by atoms with Crippen molar-refractivity contribution in [2.75, 3.05) is 37.7 Å². The Morgan fingerprint density at radius 1 is 0.705 bits per heavy atom. The summed E-state index contributed by atoms with van der Waals surface area (Å²) >= 11 is 0. The molecule has 0 fully saturated rings. The van der Waals surface area contributed by atoms with Gasteiger partial charge in [0.25, 0.3) is 5.91 Å². The molecule has 0 atom stereocenters. The Morgan fingerprint density at radius 2 is 1.39 bits per heavy atom. The van der Waals surface area contributed by atoms with E-state index < -0.39 is 0 Å². The number of para-hydroxylation sites is 2. The lowest BCUT2D eigenvalue weighted by Crippen LogP contribution is -2.41. The third kappa shape index (κ3) is 8.57. The fourth-order valence-electron chi connectivity index (χ4n) is 5.99. The van der Waals surface area contributed by atoms with E-state index in [4.69, 9.17) is 4.74 Å². The summed E-state index contributed by atoms with van der Waals surface area (Å²) in [5.41, 5.74) is 6.31. The molecule has 0 N–H and O–H groups in total. The van der Waals surface area contributed by atoms with E-state index in [0.717, 1.165) is 60.4 Å². The first-order valence-corrected chi connectivity index (χ1v) is 15.6. The minimum Gasteiger partial charge on any atom is -0.484 e. The monoisotopic (exact) mass is 589 g/mol. The molecule has 1 aliphatic heterocycles. The van der Waals surface area contributed by atoms with Gasteiger partial charge < -0.3 is 14.5 Å². The average Bonchev–Trinajstić information content (AvgIpc) is 3.02. The lowest BCUT2D eigenvalue weighted by Gasteiger charge is -2.32. The Balaban J connectivity index is 1.44. The van der Waals surface area contributed by atoms with E-state index in [0.29, 0.717) is 31.8 Å². The van der Waals surface area contributed by atoms with E-state index in [1.165, 1.54) is 5.56 Å². The lowest BCUT2D eigenvalue weighted by molar-refractivity contribution is -0.131. The quantitative estimate of drug-likeness (QED) is 0.244. The van der Waals surface area contributed by atoms with Gasteiger partial charge in [0.2, 0.25) is 5.91 Å². The number of amides is 2. The fourth-order valence-corrected chi connectivity index (χ4v) is 5.99. The van der Waals surface area contributed by atoms with Crippen molar-refractivity contribution in [3.8, 4) is 5.75 Å². The Labute approximate surface area is 261 Å². The molecule has 1 heterocycles. The highest BCUT2D eigenvalue weighted by Gasteiger charge is 2.25. The molecule has 0 aromatic heterocycles. The summed E-state index contributed by atoms with van der Waals surface area (Å²) < 4.78 is 5.92. The van der Waals surface area contributed by atoms with Gasteiger partial charge in [-0.05, 0) is 61.1 Å². The smallest absolute Gasteiger partial charge is 0.264 e. The zero-order chi connectivity index (χ0) is 30.7. The number of carbonyl (C=O) groups excluding carboxylic acids is 2. The van der Waals surface area contributed by atoms with Crippen molar-refractivity contribution in [3.05, 3.63) is 131 Å². The summed E-state index contributed by atoms with van der Waals surface area (Å²) in [4.78, 5) is 34.0. The standard InChI is InChI=1S/C38H43N3O3/c1-30-13-9-17-33(25-30)26-36(42)40-23-11-21-39(27-32-15-5-3-6-16-32)22-12-24-41(38-31(2)14-10-18-34(38)28-40)37(43)29-44-35-19-7-4-8-20-35/h3-10,13-20,25H,11-12,21-24,26-29H2,1-2H3. The van der Waals surface area contributed by atoms with Gasteiger partial charge in [0.1, 0.15) is 5.75 Å². The SMILES string of the molecule is Cc1cccc(CC(=O)N2CCCN(Cc3ccccc3)CCCN(C(=O)COc3ccccc3)c3c(C)cccc3C2)c1. The van der Waals surface area contributed by atoms with E-state index in [1.54, 1.807) is 0 Å². The van der Waals surface area contributed by atoms with Crippen molar-refractivity contribution in [2.24, 2.45) is 0 Å². The summed E-state index contributed by atoms with van der Waals surface area (Å²) in [7, 11) is 0. The maximum Gasteiger partial charge on any atom is 0.264 e. The highest BCUT2D eigenvalue weighted by atomic mass is 16.5. The van der Waals surface area contributed by atoms with Crippen molar-refractivity contribution >= 4 is 17.5 Å². The molecule has 0 saturated heterocycles. The van der Waals surface area contributed by atoms with Crippen molar-refractivity contribution in [1.29, 1.82) is 0 Å². The number of benzene rings is 4. The number of hydrogen-bond donors (Lipinski definition) is 0. The molecule has 228 valence electrons. The Morgan fingerprint density at radius 3 is 2.14 bits per heavy atom. The number of fused-ring (bicyclic) bond motifs is 1. The van der Waals surface area contributed by atoms with Crippen LogP contribution in [0.1, 0.15) is 40.7 Å². The van der Waals surface area contributed by atoms with Crippen LogP contribution in [0.3, 0.4) is 0 Å². The normalized spacial score (nSPS) is 14.7. The molecule has 0 unspecified atom stereocenters. The molecule has 0 aliphatic carbocycles. The van der Waals surface area contributed by atoms with E-state index in [-0.39, 0.29) is 18.4 Å². The summed E-state index contributed by atoms with van der Waals surface area (Å²) in [5.74, 6) is 0.677. The molecule has 1 aliphatic rings. The maximum atomic E-state index is 13.9. The highest BCUT2D eigenvalue weighted by Crippen LogP contribution is 2.28. The zero-order valence-electron chi connectivity index (χ0n) is 26.0. The molecule has 44 heavy (non-hydrogen) atoms. The first-order valence-electron chi connectivity index (χ1n) is 15.6. The van der Waals surface area contributed by atoms with Gasteiger partial charge in [-0.1, -0.05) is 96.6 Å². The number of rotatable bonds is 7. The predicted octanol–water partition coefficient (Wildman–Crippen LogP) is 6.58. The summed E-state index contributed by atoms with van der Waals surface area (Å²) in [6.07, 6.45) is 2.05. The van der Waals surface area contributed by atoms with Crippen LogP contribution in [0.5, 0.6) is 5.75 Å². The average molecular weight is 590 g/mol. The molecular weight excluding hydrogens is 546 g/mol. The van der Waals surface area contributed by atoms with Gasteiger partial charge in [-0.2, -0.15) is 0 Å². The topological polar surface area (TPSA) is 53.1 Å². The van der Waals surface area contributed by atoms with Crippen LogP contribution in [0.4, 0.5) is 5.69 Å². The Kier molecular flexibility index (Phi) is 10.8. The van der Waals surface area contributed by atoms with Crippen molar-refractivity contribution in [3.63, 3.8) is 0 Å². The van der Waals surface area contributed by atoms with Crippen molar-refractivity contribution in [1.82, 2.24) is 9.80 Å². The van der Waals surface area contributed by atoms with Gasteiger partial charge in [0, 0.05) is 39.3 Å². The highest BCUT2D eigenvalue weighted by molar-refractivity contribution is 5.96. The summed E-state index contributed by atoms with van der Waals surface area (Å²) in [6, 6.07) is 34.3. The lowest BCUT2D eigenvalue weighted by atomic mass is 10.0. The third-order valence-electron chi connectivity index (χ3n) is 8.16. The van der Waals surface area contributed by atoms with Crippen LogP contribution < -0.4 is 9.64 Å². The second-order valence-electron chi connectivity index (χ2n) is 11.7. The second kappa shape index (κ2) is 15.3. The second-order valence-corrected chi connectivity index (χ2v) is 11.7. The fraction of sp³-hybridized carbons (Fsp3) is 0.316. The van der Waals surface area contributed by atoms with Crippen LogP contribution in [0.25, 0.3) is 0 Å². The van der Waals surface area contributed by atoms with Gasteiger partial charge in [-0.3, -0.25) is 14.5 Å². The Hall–Kier alpha value is -4.42. The number of ether oxygens (including phenoxy) is 1. The minimum absolute atomic E-state index is 0.0540. The molecule has 6 heteroatoms. The number of aryl methyl sites for hydroxylation is 2. The number of anilines is 1. The summed E-state index contributed by atoms with van der Waals surface area (Å²) in [5, 5.41) is 0. The van der Waals surface area contributed by atoms with Crippen molar-refractivity contribution in [2.45, 2.75) is 46.2 Å². The third-order valence-corrected chi connectivity index (χ3v) is 8.16. The van der Waals surface area contributed by atoms with E-state index in [9.17, 15) is 9.59 Å². The summed E-state index contributed by atoms with van der Waals surface area (Å²) in [6.45, 7) is 8.25. The van der Waals surface area contributed by atoms with Crippen LogP contribution in [0.15, 0.2) is 103 Å². The van der Waals surface area contributed by atoms with Gasteiger partial charge in [0.05, 0.1) is 12.1 Å². The maximum absolute atomic E-state index is 13.9. The minimum atomic E-state index is -0.0892. The van der Waals surface area contributed by atoms with Crippen LogP contribution >= 0.6 is 0 Å². The number of carbonyl (C=O) groups is 2. The first-order chi connectivity index (χ1) is 21.5. The largest absolute Gasteiger partial charge is 0.484 e. The van der Waals surface area contributed by atoms with Gasteiger partial charge in [-0.25, -0.2) is 0 Å². The molecule has 0 saturated carbocycles. The molecule has 4 aromatic carbocycles. The molecular formula is C38H43N3O3. The van der Waals surface area contributed by atoms with Gasteiger partial charge in [0.15, 0.2) is 6.61 Å². The molecule has 0 radical (unpaired) electrons. The van der Waals surface area contributed by atoms with Crippen LogP contribution in [-0.2, 0) is 29.1 Å². The molecule has 6 nitrogen and oxygen atoms in total. The Bertz CT molecular complexity index is 1520. The number of nitrogens with zero attached hydrogens (tertiary/aromatic N) is 3. The molecule has 0 spiro atoms. The van der Waals surface area contributed by atoms with Gasteiger partial charge >= 0.3 is 0 Å². The van der Waals surface area contributed by atoms with E-state index in [2.05, 4.69) is 54.3 Å². The van der Waals surface area contributed by atoms with E-state index in [1.807, 2.05) is 77.4 Å². The predicted molar refractivity (Wildman–Crippen MR) is 177 cm³/mol. The first kappa shape index (κ1) is 31.0. The molecule has 0 bridgehead atoms. The van der Waals surface area contributed by atoms with Gasteiger partial charge in [-0.15, -0.1) is 0 Å². The zero-order valence-corrected chi connectivity index (χ0v) is 26.0. The van der Waals surface area contributed by atoms with Crippen LogP contribution in [0.2, 0.25) is 0 Å².